The summed E-state index contributed by atoms with van der Waals surface area (Å²) in [5.74, 6) is -1.81. The maximum absolute atomic E-state index is 12.0. The lowest BCUT2D eigenvalue weighted by Crippen LogP contribution is -2.53. The minimum atomic E-state index is -1.11. The number of carbonyl (C=O) groups excluding carboxylic acids is 2. The summed E-state index contributed by atoms with van der Waals surface area (Å²) in [6.07, 6.45) is 3.50. The molecule has 6 heteroatoms. The van der Waals surface area contributed by atoms with Crippen molar-refractivity contribution in [2.75, 3.05) is 0 Å². The Morgan fingerprint density at radius 1 is 1.21 bits per heavy atom. The van der Waals surface area contributed by atoms with Crippen molar-refractivity contribution in [2.24, 2.45) is 11.1 Å². The molecule has 108 valence electrons. The van der Waals surface area contributed by atoms with E-state index in [9.17, 15) is 14.4 Å². The first kappa shape index (κ1) is 15.5. The van der Waals surface area contributed by atoms with Crippen LogP contribution in [0.4, 0.5) is 0 Å². The number of nitrogens with two attached hydrogens (primary N) is 1. The number of primary amides is 1. The molecule has 0 aromatic carbocycles. The zero-order valence-electron chi connectivity index (χ0n) is 11.5. The van der Waals surface area contributed by atoms with Crippen LogP contribution < -0.4 is 11.1 Å². The van der Waals surface area contributed by atoms with Gasteiger partial charge in [0.1, 0.15) is 5.54 Å². The van der Waals surface area contributed by atoms with Crippen LogP contribution in [0.1, 0.15) is 52.4 Å². The van der Waals surface area contributed by atoms with Gasteiger partial charge in [-0.1, -0.05) is 12.8 Å². The highest BCUT2D eigenvalue weighted by Gasteiger charge is 2.39. The van der Waals surface area contributed by atoms with Crippen molar-refractivity contribution in [3.8, 4) is 0 Å². The molecule has 6 nitrogen and oxygen atoms in total. The van der Waals surface area contributed by atoms with Gasteiger partial charge in [0, 0.05) is 6.42 Å². The van der Waals surface area contributed by atoms with Gasteiger partial charge in [0.2, 0.25) is 11.8 Å². The number of nitrogens with one attached hydrogen (secondary N) is 1. The van der Waals surface area contributed by atoms with Gasteiger partial charge in [-0.3, -0.25) is 14.4 Å². The number of carboxylic acid groups (broad SMARTS) is 1. The van der Waals surface area contributed by atoms with Gasteiger partial charge < -0.3 is 16.2 Å². The third kappa shape index (κ3) is 4.22. The Morgan fingerprint density at radius 3 is 2.16 bits per heavy atom. The molecule has 0 bridgehead atoms. The van der Waals surface area contributed by atoms with Crippen LogP contribution >= 0.6 is 0 Å². The molecule has 0 unspecified atom stereocenters. The minimum Gasteiger partial charge on any atom is -0.481 e. The van der Waals surface area contributed by atoms with E-state index in [-0.39, 0.29) is 18.7 Å². The number of rotatable bonds is 6. The van der Waals surface area contributed by atoms with Crippen molar-refractivity contribution in [3.05, 3.63) is 0 Å². The van der Waals surface area contributed by atoms with Crippen LogP contribution in [0.3, 0.4) is 0 Å². The smallest absolute Gasteiger partial charge is 0.303 e. The fourth-order valence-corrected chi connectivity index (χ4v) is 2.66. The highest BCUT2D eigenvalue weighted by atomic mass is 16.4. The van der Waals surface area contributed by atoms with E-state index in [0.29, 0.717) is 0 Å². The van der Waals surface area contributed by atoms with E-state index in [1.54, 1.807) is 0 Å². The van der Waals surface area contributed by atoms with Crippen LogP contribution in [0.5, 0.6) is 0 Å². The molecule has 0 aromatic heterocycles. The predicted octanol–water partition coefficient (Wildman–Crippen LogP) is 0.792. The second-order valence-electron chi connectivity index (χ2n) is 5.99. The molecule has 0 atom stereocenters. The van der Waals surface area contributed by atoms with Crippen LogP contribution in [0.25, 0.3) is 0 Å². The molecule has 1 rings (SSSR count). The summed E-state index contributed by atoms with van der Waals surface area (Å²) in [7, 11) is 0. The van der Waals surface area contributed by atoms with Crippen LogP contribution in [-0.4, -0.2) is 28.4 Å². The van der Waals surface area contributed by atoms with Gasteiger partial charge in [-0.15, -0.1) is 0 Å². The molecule has 0 heterocycles. The van der Waals surface area contributed by atoms with Gasteiger partial charge in [-0.25, -0.2) is 0 Å². The third-order valence-corrected chi connectivity index (χ3v) is 3.79. The largest absolute Gasteiger partial charge is 0.481 e. The number of hydrogen-bond acceptors (Lipinski definition) is 3. The van der Waals surface area contributed by atoms with Crippen LogP contribution in [0.2, 0.25) is 0 Å². The molecule has 2 amide bonds. The molecule has 0 aliphatic heterocycles. The quantitative estimate of drug-likeness (QED) is 0.662. The predicted molar refractivity (Wildman–Crippen MR) is 69.2 cm³/mol. The first-order chi connectivity index (χ1) is 8.67. The molecule has 1 aliphatic carbocycles. The van der Waals surface area contributed by atoms with E-state index in [2.05, 4.69) is 5.32 Å². The van der Waals surface area contributed by atoms with Gasteiger partial charge in [-0.2, -0.15) is 0 Å². The fourth-order valence-electron chi connectivity index (χ4n) is 2.66. The number of hydrogen-bond donors (Lipinski definition) is 3. The molecule has 19 heavy (non-hydrogen) atoms. The first-order valence-electron chi connectivity index (χ1n) is 6.50. The van der Waals surface area contributed by atoms with Crippen LogP contribution in [0, 0.1) is 5.41 Å². The standard InChI is InChI=1S/C13H22N2O4/c1-12(2,11(14)19)15-9(16)7-13(8-10(17)18)5-3-4-6-13/h3-8H2,1-2H3,(H2,14,19)(H,15,16)(H,17,18). The molecule has 4 N–H and O–H groups in total. The average molecular weight is 270 g/mol. The summed E-state index contributed by atoms with van der Waals surface area (Å²) < 4.78 is 0. The summed E-state index contributed by atoms with van der Waals surface area (Å²) >= 11 is 0. The molecule has 0 aromatic rings. The molecular formula is C13H22N2O4. The minimum absolute atomic E-state index is 0.00256. The van der Waals surface area contributed by atoms with E-state index in [1.807, 2.05) is 0 Å². The van der Waals surface area contributed by atoms with Gasteiger partial charge in [0.25, 0.3) is 0 Å². The SMILES string of the molecule is CC(C)(NC(=O)CC1(CC(=O)O)CCCC1)C(N)=O. The van der Waals surface area contributed by atoms with Gasteiger partial charge in [-0.05, 0) is 32.1 Å². The highest BCUT2D eigenvalue weighted by Crippen LogP contribution is 2.44. The first-order valence-corrected chi connectivity index (χ1v) is 6.50. The lowest BCUT2D eigenvalue weighted by molar-refractivity contribution is -0.141. The van der Waals surface area contributed by atoms with Gasteiger partial charge >= 0.3 is 5.97 Å². The van der Waals surface area contributed by atoms with E-state index in [1.165, 1.54) is 13.8 Å². The Balaban J connectivity index is 2.67. The van der Waals surface area contributed by atoms with Crippen LogP contribution in [-0.2, 0) is 14.4 Å². The summed E-state index contributed by atoms with van der Waals surface area (Å²) in [5, 5.41) is 11.5. The third-order valence-electron chi connectivity index (χ3n) is 3.79. The zero-order chi connectivity index (χ0) is 14.7. The Hall–Kier alpha value is -1.59. The van der Waals surface area contributed by atoms with Crippen molar-refractivity contribution in [2.45, 2.75) is 57.9 Å². The maximum atomic E-state index is 12.0. The number of aliphatic carboxylic acids is 1. The van der Waals surface area contributed by atoms with Crippen LogP contribution in [0.15, 0.2) is 0 Å². The molecular weight excluding hydrogens is 248 g/mol. The molecule has 0 saturated heterocycles. The van der Waals surface area contributed by atoms with E-state index in [4.69, 9.17) is 10.8 Å². The topological polar surface area (TPSA) is 109 Å². The Bertz CT molecular complexity index is 384. The summed E-state index contributed by atoms with van der Waals surface area (Å²) in [5.41, 5.74) is 3.61. The number of amides is 2. The zero-order valence-corrected chi connectivity index (χ0v) is 11.5. The lowest BCUT2D eigenvalue weighted by Gasteiger charge is -2.29. The van der Waals surface area contributed by atoms with E-state index < -0.39 is 22.8 Å². The van der Waals surface area contributed by atoms with Crippen molar-refractivity contribution in [1.29, 1.82) is 0 Å². The van der Waals surface area contributed by atoms with Crippen molar-refractivity contribution in [1.82, 2.24) is 5.32 Å². The van der Waals surface area contributed by atoms with E-state index in [0.717, 1.165) is 25.7 Å². The average Bonchev–Trinajstić information content (AvgIpc) is 2.63. The molecule has 1 aliphatic rings. The summed E-state index contributed by atoms with van der Waals surface area (Å²) in [6, 6.07) is 0. The Labute approximate surface area is 112 Å². The second kappa shape index (κ2) is 5.59. The number of carbonyl (C=O) groups is 3. The normalized spacial score (nSPS) is 18.0. The molecule has 0 radical (unpaired) electrons. The number of carboxylic acids is 1. The van der Waals surface area contributed by atoms with E-state index >= 15 is 0 Å². The van der Waals surface area contributed by atoms with Gasteiger partial charge in [0.15, 0.2) is 0 Å². The Morgan fingerprint density at radius 2 is 1.74 bits per heavy atom. The Kier molecular flexibility index (Phi) is 4.55. The monoisotopic (exact) mass is 270 g/mol. The summed E-state index contributed by atoms with van der Waals surface area (Å²) in [4.78, 5) is 34.1. The van der Waals surface area contributed by atoms with Crippen molar-refractivity contribution < 1.29 is 19.5 Å². The van der Waals surface area contributed by atoms with Gasteiger partial charge in [0.05, 0.1) is 6.42 Å². The van der Waals surface area contributed by atoms with Crippen molar-refractivity contribution >= 4 is 17.8 Å². The molecule has 1 saturated carbocycles. The summed E-state index contributed by atoms with van der Waals surface area (Å²) in [6.45, 7) is 3.07. The maximum Gasteiger partial charge on any atom is 0.303 e. The second-order valence-corrected chi connectivity index (χ2v) is 5.99. The highest BCUT2D eigenvalue weighted by molar-refractivity contribution is 5.90. The molecule has 1 fully saturated rings. The molecule has 0 spiro atoms. The fraction of sp³-hybridized carbons (Fsp3) is 0.769. The van der Waals surface area contributed by atoms with Crippen molar-refractivity contribution in [3.63, 3.8) is 0 Å². The lowest BCUT2D eigenvalue weighted by atomic mass is 9.79.